The second-order valence-corrected chi connectivity index (χ2v) is 6.64. The molecule has 2 rings (SSSR count). The summed E-state index contributed by atoms with van der Waals surface area (Å²) in [6.45, 7) is 6.34. The zero-order valence-corrected chi connectivity index (χ0v) is 12.1. The molecule has 1 atom stereocenters. The van der Waals surface area contributed by atoms with E-state index in [9.17, 15) is 0 Å². The predicted octanol–water partition coefficient (Wildman–Crippen LogP) is 3.92. The molecule has 1 unspecified atom stereocenters. The molecular weight excluding hydrogens is 242 g/mol. The number of thioether (sulfide) groups is 1. The largest absolute Gasteiger partial charge is 0.382 e. The van der Waals surface area contributed by atoms with Crippen LogP contribution in [0.15, 0.2) is 24.3 Å². The Hall–Kier alpha value is -0.670. The van der Waals surface area contributed by atoms with Gasteiger partial charge < -0.3 is 10.1 Å². The molecule has 1 N–H and O–H groups in total. The second-order valence-electron chi connectivity index (χ2n) is 5.07. The lowest BCUT2D eigenvalue weighted by Gasteiger charge is -2.12. The first-order valence-corrected chi connectivity index (χ1v) is 7.85. The minimum atomic E-state index is 0.404. The van der Waals surface area contributed by atoms with Crippen molar-refractivity contribution in [2.75, 3.05) is 18.5 Å². The lowest BCUT2D eigenvalue weighted by atomic mass is 10.2. The molecule has 0 spiro atoms. The quantitative estimate of drug-likeness (QED) is 0.842. The number of nitrogens with one attached hydrogen (secondary N) is 1. The Morgan fingerprint density at radius 1 is 1.33 bits per heavy atom. The van der Waals surface area contributed by atoms with E-state index in [1.807, 2.05) is 11.8 Å². The van der Waals surface area contributed by atoms with E-state index in [-0.39, 0.29) is 0 Å². The molecule has 0 aliphatic carbocycles. The van der Waals surface area contributed by atoms with E-state index in [2.05, 4.69) is 43.4 Å². The summed E-state index contributed by atoms with van der Waals surface area (Å²) < 4.78 is 5.60. The normalized spacial score (nSPS) is 19.4. The lowest BCUT2D eigenvalue weighted by molar-refractivity contribution is 0.120. The van der Waals surface area contributed by atoms with E-state index in [4.69, 9.17) is 4.74 Å². The molecule has 1 aliphatic rings. The molecule has 0 saturated carbocycles. The standard InChI is InChI=1S/C15H23NOS/c1-12(2)18-11-13-5-7-14(8-6-13)16-10-15-4-3-9-17-15/h5-8,12,15-16H,3-4,9-11H2,1-2H3. The van der Waals surface area contributed by atoms with Gasteiger partial charge in [0.05, 0.1) is 6.10 Å². The van der Waals surface area contributed by atoms with Gasteiger partial charge in [0.2, 0.25) is 0 Å². The molecule has 1 aliphatic heterocycles. The highest BCUT2D eigenvalue weighted by Crippen LogP contribution is 2.19. The van der Waals surface area contributed by atoms with E-state index >= 15 is 0 Å². The van der Waals surface area contributed by atoms with Gasteiger partial charge in [-0.15, -0.1) is 0 Å². The van der Waals surface area contributed by atoms with Crippen molar-refractivity contribution in [3.63, 3.8) is 0 Å². The molecule has 1 aromatic rings. The van der Waals surface area contributed by atoms with Crippen LogP contribution in [0.4, 0.5) is 5.69 Å². The summed E-state index contributed by atoms with van der Waals surface area (Å²) in [5.74, 6) is 1.10. The van der Waals surface area contributed by atoms with Crippen LogP contribution >= 0.6 is 11.8 Å². The molecular formula is C15H23NOS. The van der Waals surface area contributed by atoms with Crippen LogP contribution in [0.5, 0.6) is 0 Å². The summed E-state index contributed by atoms with van der Waals surface area (Å²) in [4.78, 5) is 0. The summed E-state index contributed by atoms with van der Waals surface area (Å²) in [5, 5.41) is 4.14. The fourth-order valence-corrected chi connectivity index (χ4v) is 2.74. The molecule has 0 radical (unpaired) electrons. The summed E-state index contributed by atoms with van der Waals surface area (Å²) >= 11 is 1.98. The average Bonchev–Trinajstić information content (AvgIpc) is 2.88. The molecule has 1 aromatic carbocycles. The van der Waals surface area contributed by atoms with Gasteiger partial charge in [0.15, 0.2) is 0 Å². The van der Waals surface area contributed by atoms with Gasteiger partial charge in [-0.25, -0.2) is 0 Å². The van der Waals surface area contributed by atoms with Gasteiger partial charge >= 0.3 is 0 Å². The van der Waals surface area contributed by atoms with Gasteiger partial charge in [-0.2, -0.15) is 11.8 Å². The SMILES string of the molecule is CC(C)SCc1ccc(NCC2CCCO2)cc1. The van der Waals surface area contributed by atoms with Crippen molar-refractivity contribution in [2.24, 2.45) is 0 Å². The first kappa shape index (κ1) is 13.8. The topological polar surface area (TPSA) is 21.3 Å². The Labute approximate surface area is 114 Å². The number of rotatable bonds is 6. The van der Waals surface area contributed by atoms with Gasteiger partial charge in [0, 0.05) is 24.6 Å². The van der Waals surface area contributed by atoms with Gasteiger partial charge in [-0.1, -0.05) is 26.0 Å². The number of hydrogen-bond acceptors (Lipinski definition) is 3. The molecule has 18 heavy (non-hydrogen) atoms. The van der Waals surface area contributed by atoms with Gasteiger partial charge in [-0.3, -0.25) is 0 Å². The fourth-order valence-electron chi connectivity index (χ4n) is 2.02. The minimum Gasteiger partial charge on any atom is -0.382 e. The smallest absolute Gasteiger partial charge is 0.0748 e. The predicted molar refractivity (Wildman–Crippen MR) is 80.3 cm³/mol. The molecule has 1 fully saturated rings. The summed E-state index contributed by atoms with van der Waals surface area (Å²) in [6.07, 6.45) is 2.80. The number of benzene rings is 1. The Balaban J connectivity index is 1.76. The summed E-state index contributed by atoms with van der Waals surface area (Å²) in [5.41, 5.74) is 2.60. The highest BCUT2D eigenvalue weighted by Gasteiger charge is 2.14. The first-order valence-electron chi connectivity index (χ1n) is 6.80. The third-order valence-corrected chi connectivity index (χ3v) is 4.26. The third kappa shape index (κ3) is 4.54. The maximum atomic E-state index is 5.60. The Morgan fingerprint density at radius 2 is 2.11 bits per heavy atom. The molecule has 1 saturated heterocycles. The van der Waals surface area contributed by atoms with Crippen LogP contribution in [0.3, 0.4) is 0 Å². The molecule has 0 bridgehead atoms. The van der Waals surface area contributed by atoms with Gasteiger partial charge in [0.25, 0.3) is 0 Å². The monoisotopic (exact) mass is 265 g/mol. The van der Waals surface area contributed by atoms with Crippen molar-refractivity contribution in [1.82, 2.24) is 0 Å². The highest BCUT2D eigenvalue weighted by atomic mass is 32.2. The Bertz CT molecular complexity index is 344. The lowest BCUT2D eigenvalue weighted by Crippen LogP contribution is -2.18. The summed E-state index contributed by atoms with van der Waals surface area (Å²) in [6, 6.07) is 8.77. The van der Waals surface area contributed by atoms with Gasteiger partial charge in [0.1, 0.15) is 0 Å². The van der Waals surface area contributed by atoms with Crippen molar-refractivity contribution in [3.8, 4) is 0 Å². The van der Waals surface area contributed by atoms with Crippen molar-refractivity contribution < 1.29 is 4.74 Å². The third-order valence-electron chi connectivity index (χ3n) is 3.10. The van der Waals surface area contributed by atoms with Crippen molar-refractivity contribution >= 4 is 17.4 Å². The minimum absolute atomic E-state index is 0.404. The Kier molecular flexibility index (Phi) is 5.39. The van der Waals surface area contributed by atoms with E-state index in [1.165, 1.54) is 24.1 Å². The zero-order chi connectivity index (χ0) is 12.8. The van der Waals surface area contributed by atoms with E-state index < -0.39 is 0 Å². The van der Waals surface area contributed by atoms with Crippen LogP contribution in [-0.4, -0.2) is 24.5 Å². The van der Waals surface area contributed by atoms with Crippen molar-refractivity contribution in [2.45, 2.75) is 43.8 Å². The summed E-state index contributed by atoms with van der Waals surface area (Å²) in [7, 11) is 0. The maximum absolute atomic E-state index is 5.60. The number of ether oxygens (including phenoxy) is 1. The Morgan fingerprint density at radius 3 is 2.72 bits per heavy atom. The van der Waals surface area contributed by atoms with Crippen LogP contribution in [0.2, 0.25) is 0 Å². The maximum Gasteiger partial charge on any atom is 0.0748 e. The fraction of sp³-hybridized carbons (Fsp3) is 0.600. The van der Waals surface area contributed by atoms with E-state index in [0.29, 0.717) is 11.4 Å². The van der Waals surface area contributed by atoms with Crippen LogP contribution < -0.4 is 5.32 Å². The van der Waals surface area contributed by atoms with E-state index in [1.54, 1.807) is 0 Å². The van der Waals surface area contributed by atoms with Crippen molar-refractivity contribution in [1.29, 1.82) is 0 Å². The molecule has 0 amide bonds. The molecule has 100 valence electrons. The zero-order valence-electron chi connectivity index (χ0n) is 11.3. The number of hydrogen-bond donors (Lipinski definition) is 1. The van der Waals surface area contributed by atoms with Crippen LogP contribution in [-0.2, 0) is 10.5 Å². The molecule has 2 nitrogen and oxygen atoms in total. The van der Waals surface area contributed by atoms with Crippen LogP contribution in [0.1, 0.15) is 32.3 Å². The molecule has 0 aromatic heterocycles. The molecule has 3 heteroatoms. The van der Waals surface area contributed by atoms with Crippen LogP contribution in [0.25, 0.3) is 0 Å². The van der Waals surface area contributed by atoms with E-state index in [0.717, 1.165) is 18.9 Å². The van der Waals surface area contributed by atoms with Crippen LogP contribution in [0, 0.1) is 0 Å². The van der Waals surface area contributed by atoms with Crippen molar-refractivity contribution in [3.05, 3.63) is 29.8 Å². The van der Waals surface area contributed by atoms with Gasteiger partial charge in [-0.05, 0) is 35.8 Å². The molecule has 1 heterocycles. The second kappa shape index (κ2) is 7.05. The average molecular weight is 265 g/mol. The first-order chi connectivity index (χ1) is 8.74. The number of anilines is 1. The highest BCUT2D eigenvalue weighted by molar-refractivity contribution is 7.99.